The van der Waals surface area contributed by atoms with Crippen LogP contribution in [-0.2, 0) is 20.8 Å². The average molecular weight is 479 g/mol. The van der Waals surface area contributed by atoms with Gasteiger partial charge in [-0.25, -0.2) is 4.79 Å². The summed E-state index contributed by atoms with van der Waals surface area (Å²) in [7, 11) is 0. The first-order chi connectivity index (χ1) is 17.4. The van der Waals surface area contributed by atoms with Crippen LogP contribution in [0.1, 0.15) is 11.1 Å². The zero-order chi connectivity index (χ0) is 25.5. The summed E-state index contributed by atoms with van der Waals surface area (Å²) in [6.45, 7) is -0.780. The molecule has 3 aromatic carbocycles. The fourth-order valence-corrected chi connectivity index (χ4v) is 3.87. The predicted molar refractivity (Wildman–Crippen MR) is 135 cm³/mol. The van der Waals surface area contributed by atoms with Gasteiger partial charge in [0.15, 0.2) is 0 Å². The lowest BCUT2D eigenvalue weighted by atomic mass is 10.0. The number of hydrogen-bond donors (Lipinski definition) is 2. The van der Waals surface area contributed by atoms with E-state index in [9.17, 15) is 24.6 Å². The van der Waals surface area contributed by atoms with E-state index in [1.807, 2.05) is 60.7 Å². The molecule has 0 saturated heterocycles. The number of nitrogens with zero attached hydrogens (tertiary/aromatic N) is 2. The van der Waals surface area contributed by atoms with E-state index in [1.165, 1.54) is 0 Å². The summed E-state index contributed by atoms with van der Waals surface area (Å²) in [5.74, 6) is 1.66. The number of hydrogen-bond acceptors (Lipinski definition) is 4. The fraction of sp³-hybridized carbons (Fsp3) is 0.103. The Bertz CT molecular complexity index is 1470. The Hall–Kier alpha value is -4.96. The van der Waals surface area contributed by atoms with Gasteiger partial charge in [-0.3, -0.25) is 14.6 Å². The second kappa shape index (κ2) is 11.0. The van der Waals surface area contributed by atoms with Gasteiger partial charge < -0.3 is 15.1 Å². The monoisotopic (exact) mass is 478 g/mol. The van der Waals surface area contributed by atoms with Crippen molar-refractivity contribution in [1.82, 2.24) is 9.88 Å². The Balaban J connectivity index is 1.56. The van der Waals surface area contributed by atoms with Crippen LogP contribution >= 0.6 is 0 Å². The molecular formula is C29H22N2O5. The highest BCUT2D eigenvalue weighted by Crippen LogP contribution is 2.20. The van der Waals surface area contributed by atoms with Crippen LogP contribution in [0, 0.1) is 11.8 Å². The lowest BCUT2D eigenvalue weighted by Crippen LogP contribution is -2.48. The molecule has 0 spiro atoms. The van der Waals surface area contributed by atoms with Gasteiger partial charge in [-0.2, -0.15) is 0 Å². The molecule has 4 rings (SSSR count). The largest absolute Gasteiger partial charge is 0.480 e. The Morgan fingerprint density at radius 1 is 0.833 bits per heavy atom. The molecule has 0 aliphatic rings. The Morgan fingerprint density at radius 2 is 1.50 bits per heavy atom. The van der Waals surface area contributed by atoms with Crippen molar-refractivity contribution in [2.24, 2.45) is 0 Å². The minimum atomic E-state index is -1.40. The smallest absolute Gasteiger partial charge is 0.326 e. The molecule has 0 fully saturated rings. The SMILES string of the molecule is O=C(O)CN(C(=O)C#Cc1ccc2ccccc2c1)C(Cc1ccc(-c2ccncc2)cc1)C(=O)O. The van der Waals surface area contributed by atoms with Gasteiger partial charge in [0.05, 0.1) is 0 Å². The van der Waals surface area contributed by atoms with E-state index in [0.717, 1.165) is 26.8 Å². The minimum Gasteiger partial charge on any atom is -0.480 e. The molecule has 0 bridgehead atoms. The second-order valence-corrected chi connectivity index (χ2v) is 8.13. The number of benzene rings is 3. The van der Waals surface area contributed by atoms with E-state index in [-0.39, 0.29) is 6.42 Å². The van der Waals surface area contributed by atoms with E-state index in [2.05, 4.69) is 16.8 Å². The van der Waals surface area contributed by atoms with Gasteiger partial charge in [-0.15, -0.1) is 0 Å². The van der Waals surface area contributed by atoms with Gasteiger partial charge in [0.1, 0.15) is 12.6 Å². The first-order valence-electron chi connectivity index (χ1n) is 11.2. The lowest BCUT2D eigenvalue weighted by Gasteiger charge is -2.25. The first-order valence-corrected chi connectivity index (χ1v) is 11.2. The third-order valence-electron chi connectivity index (χ3n) is 5.69. The first kappa shape index (κ1) is 24.2. The summed E-state index contributed by atoms with van der Waals surface area (Å²) in [4.78, 5) is 41.3. The Labute approximate surface area is 207 Å². The van der Waals surface area contributed by atoms with E-state index in [0.29, 0.717) is 11.1 Å². The van der Waals surface area contributed by atoms with Crippen molar-refractivity contribution in [2.75, 3.05) is 6.54 Å². The Morgan fingerprint density at radius 3 is 2.17 bits per heavy atom. The molecule has 36 heavy (non-hydrogen) atoms. The van der Waals surface area contributed by atoms with Crippen molar-refractivity contribution in [2.45, 2.75) is 12.5 Å². The number of carbonyl (C=O) groups is 3. The topological polar surface area (TPSA) is 108 Å². The van der Waals surface area contributed by atoms with Crippen molar-refractivity contribution in [3.8, 4) is 23.0 Å². The number of pyridine rings is 1. The molecule has 178 valence electrons. The summed E-state index contributed by atoms with van der Waals surface area (Å²) in [6, 6.07) is 22.6. The van der Waals surface area contributed by atoms with Gasteiger partial charge in [0.2, 0.25) is 0 Å². The lowest BCUT2D eigenvalue weighted by molar-refractivity contribution is -0.152. The zero-order valence-electron chi connectivity index (χ0n) is 19.2. The minimum absolute atomic E-state index is 0.0668. The number of amides is 1. The Kier molecular flexibility index (Phi) is 7.37. The predicted octanol–water partition coefficient (Wildman–Crippen LogP) is 3.86. The van der Waals surface area contributed by atoms with Gasteiger partial charge >= 0.3 is 11.9 Å². The molecule has 0 aliphatic carbocycles. The molecule has 0 aliphatic heterocycles. The highest BCUT2D eigenvalue weighted by molar-refractivity contribution is 5.98. The van der Waals surface area contributed by atoms with Crippen LogP contribution in [0.15, 0.2) is 91.3 Å². The molecule has 2 N–H and O–H groups in total. The van der Waals surface area contributed by atoms with E-state index in [1.54, 1.807) is 30.6 Å². The third-order valence-corrected chi connectivity index (χ3v) is 5.69. The van der Waals surface area contributed by atoms with Crippen LogP contribution in [0.3, 0.4) is 0 Å². The van der Waals surface area contributed by atoms with Gasteiger partial charge in [0.25, 0.3) is 5.91 Å². The number of fused-ring (bicyclic) bond motifs is 1. The van der Waals surface area contributed by atoms with Gasteiger partial charge in [0, 0.05) is 30.3 Å². The molecule has 1 unspecified atom stereocenters. The molecule has 7 nitrogen and oxygen atoms in total. The van der Waals surface area contributed by atoms with Crippen molar-refractivity contribution >= 4 is 28.6 Å². The highest BCUT2D eigenvalue weighted by atomic mass is 16.4. The average Bonchev–Trinajstić information content (AvgIpc) is 2.89. The quantitative estimate of drug-likeness (QED) is 0.391. The highest BCUT2D eigenvalue weighted by Gasteiger charge is 2.31. The molecule has 1 heterocycles. The number of carboxylic acids is 2. The molecule has 1 atom stereocenters. The van der Waals surface area contributed by atoms with Crippen molar-refractivity contribution in [1.29, 1.82) is 0 Å². The second-order valence-electron chi connectivity index (χ2n) is 8.13. The number of aromatic nitrogens is 1. The summed E-state index contributed by atoms with van der Waals surface area (Å²) in [6.07, 6.45) is 3.29. The van der Waals surface area contributed by atoms with Crippen LogP contribution in [-0.4, -0.2) is 50.5 Å². The molecule has 0 radical (unpaired) electrons. The number of aliphatic carboxylic acids is 2. The van der Waals surface area contributed by atoms with Crippen LogP contribution in [0.5, 0.6) is 0 Å². The maximum atomic E-state index is 12.9. The molecule has 4 aromatic rings. The summed E-state index contributed by atoms with van der Waals surface area (Å²) < 4.78 is 0. The van der Waals surface area contributed by atoms with Crippen molar-refractivity contribution in [3.63, 3.8) is 0 Å². The van der Waals surface area contributed by atoms with E-state index in [4.69, 9.17) is 0 Å². The molecular weight excluding hydrogens is 456 g/mol. The summed E-state index contributed by atoms with van der Waals surface area (Å²) >= 11 is 0. The van der Waals surface area contributed by atoms with Crippen LogP contribution in [0.4, 0.5) is 0 Å². The van der Waals surface area contributed by atoms with Crippen LogP contribution < -0.4 is 0 Å². The fourth-order valence-electron chi connectivity index (χ4n) is 3.87. The normalized spacial score (nSPS) is 11.2. The summed E-state index contributed by atoms with van der Waals surface area (Å²) in [5, 5.41) is 21.2. The molecule has 1 amide bonds. The van der Waals surface area contributed by atoms with Crippen LogP contribution in [0.2, 0.25) is 0 Å². The maximum absolute atomic E-state index is 12.9. The maximum Gasteiger partial charge on any atom is 0.326 e. The van der Waals surface area contributed by atoms with Crippen LogP contribution in [0.25, 0.3) is 21.9 Å². The van der Waals surface area contributed by atoms with Gasteiger partial charge in [-0.05, 0) is 51.7 Å². The van der Waals surface area contributed by atoms with Crippen molar-refractivity contribution in [3.05, 3.63) is 102 Å². The molecule has 0 saturated carbocycles. The number of carbonyl (C=O) groups excluding carboxylic acids is 1. The third kappa shape index (κ3) is 5.93. The number of carboxylic acid groups (broad SMARTS) is 2. The van der Waals surface area contributed by atoms with Gasteiger partial charge in [-0.1, -0.05) is 60.5 Å². The standard InChI is InChI=1S/C29H22N2O5/c32-27(12-8-20-5-9-22-3-1-2-4-25(22)17-20)31(19-28(33)34)26(29(35)36)18-21-6-10-23(11-7-21)24-13-15-30-16-14-24/h1-7,9-11,13-17,26H,18-19H2,(H,33,34)(H,35,36). The zero-order valence-corrected chi connectivity index (χ0v) is 19.2. The summed E-state index contributed by atoms with van der Waals surface area (Å²) in [5.41, 5.74) is 3.09. The van der Waals surface area contributed by atoms with E-state index >= 15 is 0 Å². The van der Waals surface area contributed by atoms with E-state index < -0.39 is 30.4 Å². The van der Waals surface area contributed by atoms with Crippen molar-refractivity contribution < 1.29 is 24.6 Å². The molecule has 1 aromatic heterocycles. The number of rotatable bonds is 7. The molecule has 7 heteroatoms.